The summed E-state index contributed by atoms with van der Waals surface area (Å²) in [6, 6.07) is 12.3. The Kier molecular flexibility index (Phi) is 10.5. The molecule has 0 aromatic heterocycles. The normalized spacial score (nSPS) is 35.4. The van der Waals surface area contributed by atoms with Crippen molar-refractivity contribution in [1.82, 2.24) is 9.80 Å². The summed E-state index contributed by atoms with van der Waals surface area (Å²) in [5, 5.41) is 76.4. The fourth-order valence-corrected chi connectivity index (χ4v) is 12.2. The zero-order valence-electron chi connectivity index (χ0n) is 32.4. The zero-order chi connectivity index (χ0) is 39.6. The van der Waals surface area contributed by atoms with Gasteiger partial charge in [-0.1, -0.05) is 37.8 Å². The fourth-order valence-electron chi connectivity index (χ4n) is 12.2. The molecule has 2 heterocycles. The van der Waals surface area contributed by atoms with Crippen LogP contribution in [0.4, 0.5) is 0 Å². The first-order chi connectivity index (χ1) is 26.7. The second-order valence-corrected chi connectivity index (χ2v) is 18.5. The molecule has 0 amide bonds. The van der Waals surface area contributed by atoms with Gasteiger partial charge in [-0.05, 0) is 148 Å². The molecule has 2 aliphatic heterocycles. The van der Waals surface area contributed by atoms with Crippen LogP contribution in [0.5, 0.6) is 11.5 Å². The van der Waals surface area contributed by atoms with Crippen LogP contribution in [0.3, 0.4) is 0 Å². The highest BCUT2D eigenvalue weighted by Crippen LogP contribution is 2.60. The fraction of sp³-hybridized carbons (Fsp3) is 0.682. The lowest BCUT2D eigenvalue weighted by molar-refractivity contribution is -0.166. The summed E-state index contributed by atoms with van der Waals surface area (Å²) < 4.78 is 0. The Bertz CT molecular complexity index is 1690. The van der Waals surface area contributed by atoms with Gasteiger partial charge in [0.25, 0.3) is 0 Å². The minimum Gasteiger partial charge on any atom is -0.508 e. The number of piperidine rings is 2. The first-order valence-electron chi connectivity index (χ1n) is 21.1. The van der Waals surface area contributed by atoms with Crippen molar-refractivity contribution in [1.29, 1.82) is 0 Å². The molecule has 56 heavy (non-hydrogen) atoms. The van der Waals surface area contributed by atoms with Gasteiger partial charge in [-0.25, -0.2) is 9.59 Å². The van der Waals surface area contributed by atoms with E-state index in [-0.39, 0.29) is 22.9 Å². The second-order valence-electron chi connectivity index (χ2n) is 18.5. The summed E-state index contributed by atoms with van der Waals surface area (Å²) in [5.74, 6) is -1.09. The molecular weight excluding hydrogens is 716 g/mol. The number of carboxylic acids is 2. The first-order valence-corrected chi connectivity index (χ1v) is 21.1. The molecule has 10 rings (SSSR count). The summed E-state index contributed by atoms with van der Waals surface area (Å²) in [7, 11) is 0. The van der Waals surface area contributed by atoms with E-state index in [1.807, 2.05) is 24.3 Å². The van der Waals surface area contributed by atoms with Gasteiger partial charge in [0.05, 0.1) is 11.2 Å². The summed E-state index contributed by atoms with van der Waals surface area (Å²) in [6.45, 7) is 4.57. The number of benzene rings is 2. The number of aliphatic hydroxyl groups excluding tert-OH is 2. The number of fused-ring (bicyclic) bond motifs is 2. The quantitative estimate of drug-likeness (QED) is 0.202. The minimum absolute atomic E-state index is 0.123. The van der Waals surface area contributed by atoms with Gasteiger partial charge in [0.15, 0.2) is 12.2 Å². The molecule has 0 radical (unpaired) electrons. The van der Waals surface area contributed by atoms with Crippen molar-refractivity contribution in [2.75, 3.05) is 26.2 Å². The van der Waals surface area contributed by atoms with Crippen LogP contribution in [0.2, 0.25) is 0 Å². The van der Waals surface area contributed by atoms with Crippen LogP contribution < -0.4 is 0 Å². The Hall–Kier alpha value is -3.26. The zero-order valence-corrected chi connectivity index (χ0v) is 32.4. The lowest BCUT2D eigenvalue weighted by Crippen LogP contribution is -2.72. The number of hydrogen-bond donors (Lipinski definition) is 8. The Labute approximate surface area is 328 Å². The van der Waals surface area contributed by atoms with Crippen LogP contribution in [0, 0.1) is 11.8 Å². The number of phenolic OH excluding ortho intramolecular Hbond substituents is 2. The van der Waals surface area contributed by atoms with E-state index in [0.717, 1.165) is 89.1 Å². The van der Waals surface area contributed by atoms with Crippen LogP contribution >= 0.6 is 0 Å². The number of nitrogens with zero attached hydrogens (tertiary/aromatic N) is 2. The molecule has 12 nitrogen and oxygen atoms in total. The summed E-state index contributed by atoms with van der Waals surface area (Å²) in [5.41, 5.74) is 3.78. The van der Waals surface area contributed by atoms with Gasteiger partial charge in [0.2, 0.25) is 0 Å². The summed E-state index contributed by atoms with van der Waals surface area (Å²) >= 11 is 0. The van der Waals surface area contributed by atoms with Gasteiger partial charge in [-0.15, -0.1) is 0 Å². The highest BCUT2D eigenvalue weighted by molar-refractivity contribution is 5.83. The summed E-state index contributed by atoms with van der Waals surface area (Å²) in [4.78, 5) is 24.8. The smallest absolute Gasteiger partial charge is 0.335 e. The van der Waals surface area contributed by atoms with Gasteiger partial charge >= 0.3 is 11.9 Å². The number of aliphatic carboxylic acids is 2. The van der Waals surface area contributed by atoms with Crippen molar-refractivity contribution in [2.24, 2.45) is 11.8 Å². The third-order valence-electron chi connectivity index (χ3n) is 15.3. The Balaban J connectivity index is 0.000000128. The first kappa shape index (κ1) is 39.6. The molecule has 2 aromatic rings. The third kappa shape index (κ3) is 6.71. The van der Waals surface area contributed by atoms with Crippen molar-refractivity contribution in [3.8, 4) is 11.5 Å². The van der Waals surface area contributed by atoms with Crippen molar-refractivity contribution in [3.05, 3.63) is 58.7 Å². The molecule has 6 fully saturated rings. The largest absolute Gasteiger partial charge is 0.508 e. The van der Waals surface area contributed by atoms with E-state index in [1.54, 1.807) is 0 Å². The average Bonchev–Trinajstić information content (AvgIpc) is 4.12. The van der Waals surface area contributed by atoms with Crippen LogP contribution in [0.25, 0.3) is 0 Å². The van der Waals surface area contributed by atoms with Crippen LogP contribution in [0.1, 0.15) is 112 Å². The molecule has 0 unspecified atom stereocenters. The molecule has 8 atom stereocenters. The maximum absolute atomic E-state index is 11.9. The monoisotopic (exact) mass is 776 g/mol. The molecule has 306 valence electrons. The van der Waals surface area contributed by atoms with Crippen LogP contribution in [0.15, 0.2) is 36.4 Å². The SMILES string of the molecule is O=C(O)[C@H](O)[C@@H](O)C(=O)O.Oc1ccc2c(c1)[C@@]13CCCC[C@@]1(O)[C@@H](C2)N(CC1CC1)CC3.Oc1ccc2c(c1)[C@@]13CCCC[C@@]1(O)[C@@H](C2)N(CC1CC1)CC3. The molecular formula is C44H60N2O10. The lowest BCUT2D eigenvalue weighted by atomic mass is 9.49. The van der Waals surface area contributed by atoms with Crippen molar-refractivity contribution in [2.45, 2.75) is 149 Å². The van der Waals surface area contributed by atoms with Gasteiger partial charge in [-0.3, -0.25) is 9.80 Å². The number of phenols is 2. The second kappa shape index (κ2) is 14.8. The maximum Gasteiger partial charge on any atom is 0.335 e. The Morgan fingerprint density at radius 1 is 0.607 bits per heavy atom. The number of carboxylic acid groups (broad SMARTS) is 2. The van der Waals surface area contributed by atoms with Gasteiger partial charge in [0.1, 0.15) is 11.5 Å². The predicted molar refractivity (Wildman–Crippen MR) is 207 cm³/mol. The standard InChI is InChI=1S/2C20H27NO2.C4H6O6/c2*22-16-6-5-15-11-18-20(23)8-2-1-7-19(20,17(15)12-16)9-10-21(18)13-14-3-4-14;5-1(3(7)8)2(6)4(9)10/h2*5-6,12,14,18,22-23H,1-4,7-11,13H2;1-2,5-6H,(H,7,8)(H,9,10)/t2*18-,19+,20-;1-,2-/m111/s1. The number of likely N-dealkylation sites (tertiary alicyclic amines) is 2. The van der Waals surface area contributed by atoms with E-state index < -0.39 is 35.3 Å². The molecule has 2 aromatic carbocycles. The molecule has 12 heteroatoms. The van der Waals surface area contributed by atoms with E-state index in [1.165, 1.54) is 73.9 Å². The topological polar surface area (TPSA) is 202 Å². The van der Waals surface area contributed by atoms with E-state index in [0.29, 0.717) is 11.5 Å². The molecule has 8 N–H and O–H groups in total. The van der Waals surface area contributed by atoms with E-state index in [9.17, 15) is 30.0 Å². The number of hydrogen-bond acceptors (Lipinski definition) is 10. The lowest BCUT2D eigenvalue weighted by Gasteiger charge is -2.64. The number of aromatic hydroxyl groups is 2. The average molecular weight is 777 g/mol. The highest BCUT2D eigenvalue weighted by Gasteiger charge is 2.64. The van der Waals surface area contributed by atoms with Gasteiger partial charge in [0, 0.05) is 36.0 Å². The minimum atomic E-state index is -2.27. The van der Waals surface area contributed by atoms with Crippen LogP contribution in [-0.2, 0) is 33.3 Å². The molecule has 4 saturated carbocycles. The Morgan fingerprint density at radius 3 is 1.34 bits per heavy atom. The van der Waals surface area contributed by atoms with E-state index >= 15 is 0 Å². The van der Waals surface area contributed by atoms with Crippen molar-refractivity contribution in [3.63, 3.8) is 0 Å². The summed E-state index contributed by atoms with van der Waals surface area (Å²) in [6.07, 6.45) is 13.6. The van der Waals surface area contributed by atoms with Crippen LogP contribution in [-0.4, -0.2) is 124 Å². The van der Waals surface area contributed by atoms with Gasteiger partial charge < -0.3 is 40.9 Å². The molecule has 0 spiro atoms. The highest BCUT2D eigenvalue weighted by atomic mass is 16.4. The van der Waals surface area contributed by atoms with E-state index in [2.05, 4.69) is 21.9 Å². The van der Waals surface area contributed by atoms with E-state index in [4.69, 9.17) is 20.4 Å². The number of aliphatic hydroxyl groups is 4. The number of carbonyl (C=O) groups is 2. The third-order valence-corrected chi connectivity index (χ3v) is 15.3. The molecule has 6 aliphatic carbocycles. The van der Waals surface area contributed by atoms with Crippen molar-refractivity contribution < 1.29 is 50.4 Å². The number of rotatable bonds is 7. The maximum atomic E-state index is 11.9. The Morgan fingerprint density at radius 2 is 0.982 bits per heavy atom. The van der Waals surface area contributed by atoms with Crippen molar-refractivity contribution >= 4 is 11.9 Å². The van der Waals surface area contributed by atoms with Gasteiger partial charge in [-0.2, -0.15) is 0 Å². The molecule has 4 bridgehead atoms. The predicted octanol–water partition coefficient (Wildman–Crippen LogP) is 3.83. The molecule has 8 aliphatic rings. The molecule has 2 saturated heterocycles.